The number of benzene rings is 8. The number of carbonyl (C=O) groups excluding carboxylic acids is 4. The van der Waals surface area contributed by atoms with Gasteiger partial charge in [-0.25, -0.2) is 52.6 Å². The molecule has 4 heterocycles. The first-order valence-electron chi connectivity index (χ1n) is 34.5. The summed E-state index contributed by atoms with van der Waals surface area (Å²) < 4.78 is 160. The molecule has 110 heavy (non-hydrogen) atoms. The molecule has 24 nitrogen and oxygen atoms in total. The standard InChI is InChI=1S/C20H19F3N2O4S.2C20H22N2O4S.C19H20N2O4S/c1-30(27,28)25-19(26)18-16(15-8-2-3-10-17(15)24-18)9-5-11-29-14-7-4-6-13(12-14)20(21,22)23;1-14-7-5-8-15(13-14)26-12-6-10-17-16-9-3-4-11-18(16)21-19(17)20(23)22-27(2,24)25;1-14-9-11-15(12-10-14)26-13-5-7-17-16-6-3-4-8-18(16)21-19(17)20(23)22-27(2,24)25;1-26(23,24)21-19(22)18-16(15-10-5-6-12-17(15)20-18)11-7-13-25-14-8-3-2-4-9-14/h2-4,6-8,10,12,24H,5,9,11H2,1H3,(H,25,26);3-5,7-9,11,13,21H,6,10,12H2,1-2H3,(H,22,23);3-4,6,8-12,21H,5,7,13H2,1-2H3,(H,22,23);2-6,8-10,12,20H,7,11,13H2,1H3,(H,21,22). The number of amides is 4. The molecule has 0 radical (unpaired) electrons. The molecular formula is C79H83F3N8O16S4. The van der Waals surface area contributed by atoms with Gasteiger partial charge in [0.2, 0.25) is 40.1 Å². The molecule has 0 fully saturated rings. The number of nitrogens with one attached hydrogen (secondary N) is 8. The van der Waals surface area contributed by atoms with E-state index in [1.165, 1.54) is 17.7 Å². The number of ether oxygens (including phenoxy) is 4. The lowest BCUT2D eigenvalue weighted by Crippen LogP contribution is -2.30. The van der Waals surface area contributed by atoms with Gasteiger partial charge >= 0.3 is 6.18 Å². The van der Waals surface area contributed by atoms with Gasteiger partial charge in [-0.05, 0) is 172 Å². The molecule has 0 saturated carbocycles. The van der Waals surface area contributed by atoms with Crippen molar-refractivity contribution in [2.45, 2.75) is 71.4 Å². The predicted molar refractivity (Wildman–Crippen MR) is 418 cm³/mol. The molecule has 31 heteroatoms. The van der Waals surface area contributed by atoms with Crippen molar-refractivity contribution in [2.75, 3.05) is 51.5 Å². The van der Waals surface area contributed by atoms with E-state index in [2.05, 4.69) is 19.9 Å². The average Bonchev–Trinajstić information content (AvgIpc) is 1.66. The zero-order chi connectivity index (χ0) is 79.4. The van der Waals surface area contributed by atoms with E-state index in [0.717, 1.165) is 115 Å². The van der Waals surface area contributed by atoms with Crippen molar-refractivity contribution in [1.29, 1.82) is 0 Å². The number of hydrogen-bond acceptors (Lipinski definition) is 16. The average molecular weight is 1590 g/mol. The van der Waals surface area contributed by atoms with E-state index >= 15 is 0 Å². The SMILES string of the molecule is CS(=O)(=O)NC(=O)c1[nH]c2ccccc2c1CCCOc1cccc(C(F)(F)F)c1.CS(=O)(=O)NC(=O)c1[nH]c2ccccc2c1CCCOc1ccccc1.Cc1ccc(OCCCc2c(C(=O)NS(C)(=O)=O)[nH]c3ccccc23)cc1.Cc1cccc(OCCCc2c(C(=O)NS(C)(=O)=O)[nH]c3ccccc23)c1. The Morgan fingerprint density at radius 1 is 0.327 bits per heavy atom. The number of aryl methyl sites for hydroxylation is 6. The molecule has 0 bridgehead atoms. The molecule has 4 aromatic heterocycles. The minimum Gasteiger partial charge on any atom is -0.494 e. The van der Waals surface area contributed by atoms with Gasteiger partial charge in [0.05, 0.1) is 57.0 Å². The summed E-state index contributed by atoms with van der Waals surface area (Å²) in [6, 6.07) is 59.4. The van der Waals surface area contributed by atoms with Gasteiger partial charge < -0.3 is 38.9 Å². The lowest BCUT2D eigenvalue weighted by atomic mass is 10.1. The van der Waals surface area contributed by atoms with Crippen LogP contribution in [-0.4, -0.2) is 129 Å². The molecule has 0 aliphatic heterocycles. The molecule has 580 valence electrons. The van der Waals surface area contributed by atoms with Crippen LogP contribution in [0.15, 0.2) is 200 Å². The minimum absolute atomic E-state index is 0.0961. The molecule has 8 N–H and O–H groups in total. The monoisotopic (exact) mass is 1580 g/mol. The summed E-state index contributed by atoms with van der Waals surface area (Å²) in [5.41, 5.74) is 8.50. The zero-order valence-electron chi connectivity index (χ0n) is 60.8. The molecule has 0 spiro atoms. The van der Waals surface area contributed by atoms with Crippen LogP contribution in [-0.2, 0) is 72.0 Å². The Balaban J connectivity index is 0.000000169. The van der Waals surface area contributed by atoms with Crippen LogP contribution in [0, 0.1) is 13.8 Å². The fourth-order valence-corrected chi connectivity index (χ4v) is 13.6. The first-order valence-corrected chi connectivity index (χ1v) is 42.1. The predicted octanol–water partition coefficient (Wildman–Crippen LogP) is 13.1. The summed E-state index contributed by atoms with van der Waals surface area (Å²) in [5, 5.41) is 3.49. The second-order valence-electron chi connectivity index (χ2n) is 25.7. The third kappa shape index (κ3) is 24.8. The lowest BCUT2D eigenvalue weighted by molar-refractivity contribution is -0.137. The van der Waals surface area contributed by atoms with Gasteiger partial charge in [0.15, 0.2) is 0 Å². The molecule has 0 aliphatic carbocycles. The number of para-hydroxylation sites is 5. The maximum Gasteiger partial charge on any atom is 0.416 e. The van der Waals surface area contributed by atoms with Gasteiger partial charge in [0.25, 0.3) is 23.6 Å². The van der Waals surface area contributed by atoms with Crippen molar-refractivity contribution in [1.82, 2.24) is 38.8 Å². The van der Waals surface area contributed by atoms with Crippen LogP contribution in [0.4, 0.5) is 13.2 Å². The van der Waals surface area contributed by atoms with E-state index in [0.29, 0.717) is 82.3 Å². The Labute approximate surface area is 635 Å². The summed E-state index contributed by atoms with van der Waals surface area (Å²) in [5.74, 6) is -0.226. The van der Waals surface area contributed by atoms with Crippen LogP contribution in [0.2, 0.25) is 0 Å². The van der Waals surface area contributed by atoms with E-state index in [1.54, 1.807) is 24.3 Å². The van der Waals surface area contributed by atoms with E-state index in [1.807, 2.05) is 184 Å². The number of rotatable bonds is 28. The molecule has 0 aliphatic rings. The highest BCUT2D eigenvalue weighted by Crippen LogP contribution is 2.33. The smallest absolute Gasteiger partial charge is 0.416 e. The van der Waals surface area contributed by atoms with Crippen LogP contribution < -0.4 is 37.8 Å². The second-order valence-corrected chi connectivity index (χ2v) is 32.7. The number of halogens is 3. The summed E-state index contributed by atoms with van der Waals surface area (Å²) in [6.07, 6.45) is 3.90. The lowest BCUT2D eigenvalue weighted by Gasteiger charge is -2.10. The summed E-state index contributed by atoms with van der Waals surface area (Å²) >= 11 is 0. The highest BCUT2D eigenvalue weighted by atomic mass is 32.2. The van der Waals surface area contributed by atoms with Gasteiger partial charge in [-0.2, -0.15) is 13.2 Å². The molecule has 8 aromatic carbocycles. The minimum atomic E-state index is -4.45. The maximum absolute atomic E-state index is 12.8. The zero-order valence-corrected chi connectivity index (χ0v) is 64.1. The molecule has 0 saturated heterocycles. The van der Waals surface area contributed by atoms with E-state index in [9.17, 15) is 66.0 Å². The van der Waals surface area contributed by atoms with Gasteiger partial charge in [0, 0.05) is 43.6 Å². The van der Waals surface area contributed by atoms with E-state index < -0.39 is 75.5 Å². The van der Waals surface area contributed by atoms with Crippen molar-refractivity contribution >= 4 is 107 Å². The number of alkyl halides is 3. The van der Waals surface area contributed by atoms with Crippen molar-refractivity contribution in [2.24, 2.45) is 0 Å². The van der Waals surface area contributed by atoms with E-state index in [-0.39, 0.29) is 35.1 Å². The Bertz CT molecular complexity index is 5710. The van der Waals surface area contributed by atoms with Gasteiger partial charge in [-0.1, -0.05) is 127 Å². The quantitative estimate of drug-likeness (QED) is 0.0211. The fourth-order valence-electron chi connectivity index (χ4n) is 11.9. The van der Waals surface area contributed by atoms with Gasteiger partial charge in [-0.15, -0.1) is 0 Å². The summed E-state index contributed by atoms with van der Waals surface area (Å²) in [7, 11) is -14.6. The number of sulfonamides is 4. The van der Waals surface area contributed by atoms with Crippen molar-refractivity contribution in [3.8, 4) is 23.0 Å². The first kappa shape index (κ1) is 82.6. The number of hydrogen-bond donors (Lipinski definition) is 8. The number of aromatic amines is 4. The van der Waals surface area contributed by atoms with Crippen molar-refractivity contribution in [3.05, 3.63) is 262 Å². The second kappa shape index (κ2) is 37.1. The Kier molecular flexibility index (Phi) is 27.9. The number of carbonyl (C=O) groups is 4. The van der Waals surface area contributed by atoms with Gasteiger partial charge in [0.1, 0.15) is 45.8 Å². The molecule has 12 rings (SSSR count). The van der Waals surface area contributed by atoms with Crippen LogP contribution in [0.1, 0.15) is 107 Å². The number of H-pyrrole nitrogens is 4. The third-order valence-corrected chi connectivity index (χ3v) is 18.8. The van der Waals surface area contributed by atoms with Crippen molar-refractivity contribution in [3.63, 3.8) is 0 Å². The topological polar surface area (TPSA) is 353 Å². The Hall–Kier alpha value is -11.4. The number of aromatic nitrogens is 4. The maximum atomic E-state index is 12.8. The molecule has 0 unspecified atom stereocenters. The molecule has 12 aromatic rings. The third-order valence-electron chi connectivity index (χ3n) is 16.5. The highest BCUT2D eigenvalue weighted by molar-refractivity contribution is 7.90. The van der Waals surface area contributed by atoms with E-state index in [4.69, 9.17) is 18.9 Å². The van der Waals surface area contributed by atoms with Gasteiger partial charge in [-0.3, -0.25) is 19.2 Å². The fraction of sp³-hybridized carbons (Fsp3) is 0.241. The Morgan fingerprint density at radius 2 is 0.600 bits per heavy atom. The number of fused-ring (bicyclic) bond motifs is 4. The normalized spacial score (nSPS) is 11.6. The summed E-state index contributed by atoms with van der Waals surface area (Å²) in [6.45, 7) is 5.63. The Morgan fingerprint density at radius 3 is 0.909 bits per heavy atom. The highest BCUT2D eigenvalue weighted by Gasteiger charge is 2.31. The van der Waals surface area contributed by atoms with Crippen LogP contribution in [0.3, 0.4) is 0 Å². The molecule has 4 amide bonds. The van der Waals surface area contributed by atoms with Crippen LogP contribution in [0.5, 0.6) is 23.0 Å². The summed E-state index contributed by atoms with van der Waals surface area (Å²) in [4.78, 5) is 61.5. The first-order chi connectivity index (χ1) is 52.1. The van der Waals surface area contributed by atoms with Crippen molar-refractivity contribution < 1.29 is 85.0 Å². The largest absolute Gasteiger partial charge is 0.494 e. The van der Waals surface area contributed by atoms with Crippen LogP contribution in [0.25, 0.3) is 43.6 Å². The molecule has 0 atom stereocenters. The van der Waals surface area contributed by atoms with Crippen LogP contribution >= 0.6 is 0 Å². The molecular weight excluding hydrogens is 1500 g/mol.